The summed E-state index contributed by atoms with van der Waals surface area (Å²) in [4.78, 5) is 4.63. The number of benzene rings is 1. The van der Waals surface area contributed by atoms with Crippen LogP contribution in [0.15, 0.2) is 18.2 Å². The first-order chi connectivity index (χ1) is 6.86. The largest absolute Gasteiger partial charge is 0.326 e. The number of aromatic nitrogens is 1. The maximum Gasteiger partial charge on any atom is 0.0969 e. The molecular weight excluding hydrogens is 192 g/mol. The van der Waals surface area contributed by atoms with Gasteiger partial charge in [-0.05, 0) is 30.5 Å². The van der Waals surface area contributed by atoms with Gasteiger partial charge in [-0.1, -0.05) is 6.07 Å². The highest BCUT2D eigenvalue weighted by Crippen LogP contribution is 2.43. The zero-order valence-corrected chi connectivity index (χ0v) is 8.68. The first-order valence-electron chi connectivity index (χ1n) is 4.96. The van der Waals surface area contributed by atoms with Crippen LogP contribution < -0.4 is 5.73 Å². The Labute approximate surface area is 86.8 Å². The molecule has 2 aromatic rings. The molecule has 2 nitrogen and oxygen atoms in total. The molecule has 1 aliphatic rings. The second-order valence-corrected chi connectivity index (χ2v) is 4.89. The Morgan fingerprint density at radius 1 is 1.43 bits per heavy atom. The van der Waals surface area contributed by atoms with Gasteiger partial charge in [0, 0.05) is 12.5 Å². The molecule has 0 unspecified atom stereocenters. The Balaban J connectivity index is 2.12. The van der Waals surface area contributed by atoms with Gasteiger partial charge in [0.2, 0.25) is 0 Å². The lowest BCUT2D eigenvalue weighted by molar-refractivity contribution is 1.07. The van der Waals surface area contributed by atoms with E-state index < -0.39 is 0 Å². The summed E-state index contributed by atoms with van der Waals surface area (Å²) in [5.41, 5.74) is 7.94. The van der Waals surface area contributed by atoms with Gasteiger partial charge < -0.3 is 5.73 Å². The lowest BCUT2D eigenvalue weighted by Gasteiger charge is -1.93. The van der Waals surface area contributed by atoms with Crippen molar-refractivity contribution < 1.29 is 0 Å². The van der Waals surface area contributed by atoms with E-state index in [-0.39, 0.29) is 0 Å². The van der Waals surface area contributed by atoms with E-state index in [9.17, 15) is 0 Å². The summed E-state index contributed by atoms with van der Waals surface area (Å²) in [5, 5.41) is 1.31. The van der Waals surface area contributed by atoms with Crippen molar-refractivity contribution in [2.45, 2.75) is 25.3 Å². The van der Waals surface area contributed by atoms with Gasteiger partial charge in [0.15, 0.2) is 0 Å². The minimum atomic E-state index is 0.618. The molecule has 0 aliphatic heterocycles. The normalized spacial score (nSPS) is 16.4. The molecule has 14 heavy (non-hydrogen) atoms. The molecule has 1 heterocycles. The van der Waals surface area contributed by atoms with Crippen LogP contribution in [0.2, 0.25) is 0 Å². The van der Waals surface area contributed by atoms with Crippen molar-refractivity contribution in [1.29, 1.82) is 0 Å². The van der Waals surface area contributed by atoms with E-state index in [0.29, 0.717) is 6.54 Å². The lowest BCUT2D eigenvalue weighted by Crippen LogP contribution is -1.94. The number of hydrogen-bond acceptors (Lipinski definition) is 3. The molecule has 2 N–H and O–H groups in total. The van der Waals surface area contributed by atoms with Crippen molar-refractivity contribution >= 4 is 21.6 Å². The molecule has 0 atom stereocenters. The summed E-state index contributed by atoms with van der Waals surface area (Å²) in [6, 6.07) is 6.32. The zero-order valence-electron chi connectivity index (χ0n) is 7.86. The van der Waals surface area contributed by atoms with E-state index in [4.69, 9.17) is 5.73 Å². The maximum absolute atomic E-state index is 5.60. The Kier molecular flexibility index (Phi) is 1.82. The molecule has 0 spiro atoms. The van der Waals surface area contributed by atoms with E-state index in [2.05, 4.69) is 23.2 Å². The Morgan fingerprint density at radius 3 is 3.00 bits per heavy atom. The molecular formula is C11H12N2S. The van der Waals surface area contributed by atoms with Crippen molar-refractivity contribution in [2.24, 2.45) is 5.73 Å². The van der Waals surface area contributed by atoms with Crippen LogP contribution in [0.4, 0.5) is 0 Å². The number of nitrogens with two attached hydrogens (primary N) is 1. The van der Waals surface area contributed by atoms with E-state index in [1.54, 1.807) is 0 Å². The van der Waals surface area contributed by atoms with Crippen molar-refractivity contribution in [2.75, 3.05) is 0 Å². The number of rotatable bonds is 2. The molecule has 1 fully saturated rings. The molecule has 72 valence electrons. The highest BCUT2D eigenvalue weighted by Gasteiger charge is 2.26. The third-order valence-corrected chi connectivity index (χ3v) is 3.81. The fraction of sp³-hybridized carbons (Fsp3) is 0.364. The van der Waals surface area contributed by atoms with Crippen LogP contribution in [0, 0.1) is 0 Å². The summed E-state index contributed by atoms with van der Waals surface area (Å²) in [5.74, 6) is 0.758. The van der Waals surface area contributed by atoms with Crippen LogP contribution in [0.5, 0.6) is 0 Å². The van der Waals surface area contributed by atoms with Crippen LogP contribution in [-0.2, 0) is 6.54 Å². The summed E-state index contributed by atoms with van der Waals surface area (Å²) in [6.07, 6.45) is 2.65. The van der Waals surface area contributed by atoms with Crippen LogP contribution in [-0.4, -0.2) is 4.98 Å². The molecule has 1 aromatic carbocycles. The first kappa shape index (κ1) is 8.38. The lowest BCUT2D eigenvalue weighted by atomic mass is 10.2. The number of hydrogen-bond donors (Lipinski definition) is 1. The zero-order chi connectivity index (χ0) is 9.54. The number of thiazole rings is 1. The standard InChI is InChI=1S/C11H12N2S/c12-6-7-1-4-9-10(5-7)14-11(13-9)8-2-3-8/h1,4-5,8H,2-3,6,12H2. The van der Waals surface area contributed by atoms with Gasteiger partial charge in [-0.15, -0.1) is 11.3 Å². The molecule has 0 amide bonds. The average molecular weight is 204 g/mol. The Bertz CT molecular complexity index is 471. The molecule has 0 bridgehead atoms. The maximum atomic E-state index is 5.60. The highest BCUT2D eigenvalue weighted by molar-refractivity contribution is 7.18. The van der Waals surface area contributed by atoms with Gasteiger partial charge in [-0.25, -0.2) is 4.98 Å². The van der Waals surface area contributed by atoms with Crippen molar-refractivity contribution in [1.82, 2.24) is 4.98 Å². The quantitative estimate of drug-likeness (QED) is 0.816. The second kappa shape index (κ2) is 3.04. The van der Waals surface area contributed by atoms with Crippen LogP contribution in [0.25, 0.3) is 10.2 Å². The molecule has 0 radical (unpaired) electrons. The summed E-state index contributed by atoms with van der Waals surface area (Å²) in [6.45, 7) is 0.618. The van der Waals surface area contributed by atoms with Gasteiger partial charge in [-0.3, -0.25) is 0 Å². The Hall–Kier alpha value is -0.930. The van der Waals surface area contributed by atoms with Gasteiger partial charge >= 0.3 is 0 Å². The molecule has 1 aromatic heterocycles. The smallest absolute Gasteiger partial charge is 0.0969 e. The van der Waals surface area contributed by atoms with Gasteiger partial charge in [0.1, 0.15) is 0 Å². The second-order valence-electron chi connectivity index (χ2n) is 3.83. The third kappa shape index (κ3) is 1.33. The van der Waals surface area contributed by atoms with Gasteiger partial charge in [0.05, 0.1) is 15.2 Å². The fourth-order valence-electron chi connectivity index (χ4n) is 1.62. The molecule has 3 heteroatoms. The third-order valence-electron chi connectivity index (χ3n) is 2.63. The SMILES string of the molecule is NCc1ccc2nc(C3CC3)sc2c1. The molecule has 0 saturated heterocycles. The summed E-state index contributed by atoms with van der Waals surface area (Å²) < 4.78 is 1.29. The average Bonchev–Trinajstić information content (AvgIpc) is 2.97. The predicted molar refractivity (Wildman–Crippen MR) is 59.5 cm³/mol. The monoisotopic (exact) mass is 204 g/mol. The number of nitrogens with zero attached hydrogens (tertiary/aromatic N) is 1. The fourth-order valence-corrected chi connectivity index (χ4v) is 2.82. The van der Waals surface area contributed by atoms with E-state index in [0.717, 1.165) is 11.4 Å². The summed E-state index contributed by atoms with van der Waals surface area (Å²) >= 11 is 1.83. The van der Waals surface area contributed by atoms with Crippen molar-refractivity contribution in [3.63, 3.8) is 0 Å². The van der Waals surface area contributed by atoms with Crippen LogP contribution in [0.3, 0.4) is 0 Å². The van der Waals surface area contributed by atoms with Crippen LogP contribution in [0.1, 0.15) is 29.3 Å². The molecule has 1 saturated carbocycles. The topological polar surface area (TPSA) is 38.9 Å². The molecule has 3 rings (SSSR count). The van der Waals surface area contributed by atoms with Crippen molar-refractivity contribution in [3.8, 4) is 0 Å². The van der Waals surface area contributed by atoms with Gasteiger partial charge in [-0.2, -0.15) is 0 Å². The van der Waals surface area contributed by atoms with Gasteiger partial charge in [0.25, 0.3) is 0 Å². The Morgan fingerprint density at radius 2 is 2.29 bits per heavy atom. The van der Waals surface area contributed by atoms with E-state index in [1.165, 1.54) is 28.1 Å². The first-order valence-corrected chi connectivity index (χ1v) is 5.78. The van der Waals surface area contributed by atoms with E-state index >= 15 is 0 Å². The minimum Gasteiger partial charge on any atom is -0.326 e. The van der Waals surface area contributed by atoms with Crippen molar-refractivity contribution in [3.05, 3.63) is 28.8 Å². The highest BCUT2D eigenvalue weighted by atomic mass is 32.1. The van der Waals surface area contributed by atoms with Crippen LogP contribution >= 0.6 is 11.3 Å². The number of fused-ring (bicyclic) bond motifs is 1. The predicted octanol–water partition coefficient (Wildman–Crippen LogP) is 2.63. The molecule has 1 aliphatic carbocycles. The summed E-state index contributed by atoms with van der Waals surface area (Å²) in [7, 11) is 0. The van der Waals surface area contributed by atoms with E-state index in [1.807, 2.05) is 11.3 Å². The minimum absolute atomic E-state index is 0.618.